The molecule has 0 spiro atoms. The summed E-state index contributed by atoms with van der Waals surface area (Å²) < 4.78 is 9.99. The number of pyridine rings is 1. The fourth-order valence-corrected chi connectivity index (χ4v) is 1.55. The molecule has 0 atom stereocenters. The highest BCUT2D eigenvalue weighted by molar-refractivity contribution is 5.88. The monoisotopic (exact) mass is 300 g/mol. The fourth-order valence-electron chi connectivity index (χ4n) is 1.55. The summed E-state index contributed by atoms with van der Waals surface area (Å²) in [6.07, 6.45) is 4.24. The van der Waals surface area contributed by atoms with Crippen molar-refractivity contribution in [3.8, 4) is 11.5 Å². The molecule has 7 heteroatoms. The fraction of sp³-hybridized carbons (Fsp3) is 0.0667. The molecule has 0 saturated heterocycles. The van der Waals surface area contributed by atoms with Crippen LogP contribution in [0.2, 0.25) is 0 Å². The number of nitrogens with zero attached hydrogens (tertiary/aromatic N) is 2. The number of nitro benzene ring substituents is 1. The van der Waals surface area contributed by atoms with Crippen LogP contribution in [0.4, 0.5) is 5.69 Å². The highest BCUT2D eigenvalue weighted by atomic mass is 16.6. The summed E-state index contributed by atoms with van der Waals surface area (Å²) in [6.45, 7) is 0. The van der Waals surface area contributed by atoms with Crippen LogP contribution in [0.25, 0.3) is 6.08 Å². The lowest BCUT2D eigenvalue weighted by atomic mass is 10.3. The molecule has 0 N–H and O–H groups in total. The van der Waals surface area contributed by atoms with Gasteiger partial charge in [0.2, 0.25) is 0 Å². The number of benzene rings is 1. The van der Waals surface area contributed by atoms with Gasteiger partial charge in [0.25, 0.3) is 5.69 Å². The molecule has 0 radical (unpaired) electrons. The average molecular weight is 300 g/mol. The third-order valence-electron chi connectivity index (χ3n) is 2.65. The van der Waals surface area contributed by atoms with Crippen LogP contribution in [0.3, 0.4) is 0 Å². The van der Waals surface area contributed by atoms with Crippen molar-refractivity contribution in [2.45, 2.75) is 0 Å². The van der Waals surface area contributed by atoms with Crippen molar-refractivity contribution in [1.29, 1.82) is 0 Å². The van der Waals surface area contributed by atoms with Gasteiger partial charge in [-0.25, -0.2) is 4.79 Å². The first-order valence-corrected chi connectivity index (χ1v) is 6.23. The summed E-state index contributed by atoms with van der Waals surface area (Å²) in [6, 6.07) is 8.64. The topological polar surface area (TPSA) is 91.6 Å². The smallest absolute Gasteiger partial charge is 0.336 e. The van der Waals surface area contributed by atoms with Gasteiger partial charge in [-0.1, -0.05) is 0 Å². The van der Waals surface area contributed by atoms with Gasteiger partial charge in [0, 0.05) is 18.2 Å². The number of nitro groups is 1. The quantitative estimate of drug-likeness (QED) is 0.277. The average Bonchev–Trinajstić information content (AvgIpc) is 2.54. The maximum absolute atomic E-state index is 11.6. The van der Waals surface area contributed by atoms with Crippen LogP contribution in [0.1, 0.15) is 5.69 Å². The molecule has 1 heterocycles. The van der Waals surface area contributed by atoms with Gasteiger partial charge in [0.1, 0.15) is 11.5 Å². The van der Waals surface area contributed by atoms with Crippen LogP contribution in [-0.4, -0.2) is 23.0 Å². The van der Waals surface area contributed by atoms with E-state index in [-0.39, 0.29) is 11.4 Å². The number of ether oxygens (including phenoxy) is 2. The van der Waals surface area contributed by atoms with Gasteiger partial charge in [-0.05, 0) is 30.3 Å². The van der Waals surface area contributed by atoms with Crippen LogP contribution in [0.5, 0.6) is 11.5 Å². The first-order valence-electron chi connectivity index (χ1n) is 6.23. The second-order valence-electron chi connectivity index (χ2n) is 4.13. The van der Waals surface area contributed by atoms with Gasteiger partial charge < -0.3 is 9.47 Å². The van der Waals surface area contributed by atoms with E-state index in [1.807, 2.05) is 0 Å². The van der Waals surface area contributed by atoms with Crippen molar-refractivity contribution in [3.63, 3.8) is 0 Å². The number of methoxy groups -OCH3 is 1. The third-order valence-corrected chi connectivity index (χ3v) is 2.65. The molecule has 22 heavy (non-hydrogen) atoms. The zero-order chi connectivity index (χ0) is 15.9. The van der Waals surface area contributed by atoms with E-state index in [4.69, 9.17) is 9.47 Å². The highest BCUT2D eigenvalue weighted by Crippen LogP contribution is 2.17. The molecule has 1 aromatic heterocycles. The first kappa shape index (κ1) is 15.2. The molecule has 0 aliphatic carbocycles. The molecule has 7 nitrogen and oxygen atoms in total. The number of hydrogen-bond donors (Lipinski definition) is 0. The molecule has 2 rings (SSSR count). The number of carbonyl (C=O) groups excluding carboxylic acids is 1. The van der Waals surface area contributed by atoms with Crippen molar-refractivity contribution in [2.75, 3.05) is 7.11 Å². The standard InChI is InChI=1S/C15H12N2O5/c1-21-14-6-2-11(16-10-14)3-9-15(18)22-13-7-4-12(5-8-13)17(19)20/h2-10H,1H3. The second kappa shape index (κ2) is 6.98. The summed E-state index contributed by atoms with van der Waals surface area (Å²) >= 11 is 0. The molecule has 0 bridgehead atoms. The van der Waals surface area contributed by atoms with Gasteiger partial charge in [-0.15, -0.1) is 0 Å². The van der Waals surface area contributed by atoms with E-state index in [9.17, 15) is 14.9 Å². The minimum atomic E-state index is -0.605. The van der Waals surface area contributed by atoms with E-state index >= 15 is 0 Å². The molecule has 1 aromatic carbocycles. The van der Waals surface area contributed by atoms with E-state index < -0.39 is 10.9 Å². The van der Waals surface area contributed by atoms with Crippen molar-refractivity contribution >= 4 is 17.7 Å². The molecule has 2 aromatic rings. The molecule has 0 aliphatic rings. The van der Waals surface area contributed by atoms with Gasteiger partial charge in [0.15, 0.2) is 0 Å². The maximum atomic E-state index is 11.6. The Morgan fingerprint density at radius 3 is 2.41 bits per heavy atom. The van der Waals surface area contributed by atoms with Gasteiger partial charge >= 0.3 is 5.97 Å². The number of aromatic nitrogens is 1. The minimum Gasteiger partial charge on any atom is -0.495 e. The summed E-state index contributed by atoms with van der Waals surface area (Å²) in [5.41, 5.74) is 0.499. The van der Waals surface area contributed by atoms with E-state index in [1.54, 1.807) is 12.1 Å². The SMILES string of the molecule is COc1ccc(C=CC(=O)Oc2ccc([N+](=O)[O-])cc2)nc1. The number of rotatable bonds is 5. The zero-order valence-electron chi connectivity index (χ0n) is 11.6. The van der Waals surface area contributed by atoms with Crippen LogP contribution >= 0.6 is 0 Å². The van der Waals surface area contributed by atoms with E-state index in [1.165, 1.54) is 49.7 Å². The summed E-state index contributed by atoms with van der Waals surface area (Å²) in [4.78, 5) is 25.7. The Bertz CT molecular complexity index is 693. The van der Waals surface area contributed by atoms with Crippen molar-refractivity contribution < 1.29 is 19.2 Å². The van der Waals surface area contributed by atoms with Crippen molar-refractivity contribution in [1.82, 2.24) is 4.98 Å². The molecule has 0 unspecified atom stereocenters. The largest absolute Gasteiger partial charge is 0.495 e. The van der Waals surface area contributed by atoms with E-state index in [0.29, 0.717) is 11.4 Å². The predicted molar refractivity (Wildman–Crippen MR) is 78.6 cm³/mol. The Morgan fingerprint density at radius 1 is 1.18 bits per heavy atom. The van der Waals surface area contributed by atoms with Gasteiger partial charge in [-0.2, -0.15) is 0 Å². The van der Waals surface area contributed by atoms with Crippen LogP contribution < -0.4 is 9.47 Å². The van der Waals surface area contributed by atoms with Crippen molar-refractivity contribution in [2.24, 2.45) is 0 Å². The number of esters is 1. The number of non-ortho nitro benzene ring substituents is 1. The molecule has 0 saturated carbocycles. The van der Waals surface area contributed by atoms with Gasteiger partial charge in [0.05, 0.1) is 23.9 Å². The first-order chi connectivity index (χ1) is 10.6. The highest BCUT2D eigenvalue weighted by Gasteiger charge is 2.06. The lowest BCUT2D eigenvalue weighted by molar-refractivity contribution is -0.384. The summed E-state index contributed by atoms with van der Waals surface area (Å²) in [5.74, 6) is 0.236. The molecular weight excluding hydrogens is 288 g/mol. The summed E-state index contributed by atoms with van der Waals surface area (Å²) in [7, 11) is 1.54. The third kappa shape index (κ3) is 4.14. The molecule has 0 fully saturated rings. The molecule has 0 amide bonds. The van der Waals surface area contributed by atoms with Crippen LogP contribution in [0, 0.1) is 10.1 Å². The molecular formula is C15H12N2O5. The lowest BCUT2D eigenvalue weighted by Gasteiger charge is -2.01. The minimum absolute atomic E-state index is 0.0715. The normalized spacial score (nSPS) is 10.4. The van der Waals surface area contributed by atoms with Crippen LogP contribution in [-0.2, 0) is 4.79 Å². The Kier molecular flexibility index (Phi) is 4.81. The number of hydrogen-bond acceptors (Lipinski definition) is 6. The van der Waals surface area contributed by atoms with E-state index in [2.05, 4.69) is 4.98 Å². The Labute approximate surface area is 126 Å². The number of carbonyl (C=O) groups is 1. The second-order valence-corrected chi connectivity index (χ2v) is 4.13. The predicted octanol–water partition coefficient (Wildman–Crippen LogP) is 2.62. The zero-order valence-corrected chi connectivity index (χ0v) is 11.6. The Hall–Kier alpha value is -3.22. The van der Waals surface area contributed by atoms with Crippen LogP contribution in [0.15, 0.2) is 48.7 Å². The van der Waals surface area contributed by atoms with Crippen molar-refractivity contribution in [3.05, 3.63) is 64.5 Å². The Balaban J connectivity index is 1.96. The van der Waals surface area contributed by atoms with Gasteiger partial charge in [-0.3, -0.25) is 15.1 Å². The maximum Gasteiger partial charge on any atom is 0.336 e. The lowest BCUT2D eigenvalue weighted by Crippen LogP contribution is -2.03. The Morgan fingerprint density at radius 2 is 1.86 bits per heavy atom. The molecule has 0 aliphatic heterocycles. The van der Waals surface area contributed by atoms with E-state index in [0.717, 1.165) is 0 Å². The molecule has 112 valence electrons. The summed E-state index contributed by atoms with van der Waals surface area (Å²) in [5, 5.41) is 10.5.